The van der Waals surface area contributed by atoms with Gasteiger partial charge in [0.05, 0.1) is 19.3 Å². The normalized spacial score (nSPS) is 28.6. The Balaban J connectivity index is 2.61. The van der Waals surface area contributed by atoms with E-state index >= 15 is 0 Å². The third-order valence-corrected chi connectivity index (χ3v) is 2.49. The largest absolute Gasteiger partial charge is 0.461 e. The van der Waals surface area contributed by atoms with Gasteiger partial charge in [-0.1, -0.05) is 0 Å². The highest BCUT2D eigenvalue weighted by molar-refractivity contribution is 5.81. The van der Waals surface area contributed by atoms with Gasteiger partial charge in [0, 0.05) is 6.42 Å². The second-order valence-electron chi connectivity index (χ2n) is 5.87. The number of aliphatic hydroxyl groups is 1. The standard InChI is InChI=1S/C13H23NO6/c1-8-5-9(15)6-18-7-10(11(16)19-8)14-12(17)20-13(2,3)4/h8-10,15H,5-7H2,1-4H3,(H,14,17)/t8?,9?,10-/m0/s1. The van der Waals surface area contributed by atoms with Crippen LogP contribution >= 0.6 is 0 Å². The van der Waals surface area contributed by atoms with E-state index in [2.05, 4.69) is 5.32 Å². The van der Waals surface area contributed by atoms with Gasteiger partial charge in [0.1, 0.15) is 11.7 Å². The van der Waals surface area contributed by atoms with Crippen molar-refractivity contribution in [3.05, 3.63) is 0 Å². The van der Waals surface area contributed by atoms with Crippen LogP contribution in [0.2, 0.25) is 0 Å². The lowest BCUT2D eigenvalue weighted by Crippen LogP contribution is -2.47. The van der Waals surface area contributed by atoms with Crippen molar-refractivity contribution in [1.82, 2.24) is 5.32 Å². The molecule has 0 aromatic heterocycles. The van der Waals surface area contributed by atoms with Gasteiger partial charge in [0.2, 0.25) is 0 Å². The summed E-state index contributed by atoms with van der Waals surface area (Å²) in [5.41, 5.74) is -0.656. The van der Waals surface area contributed by atoms with Gasteiger partial charge in [-0.2, -0.15) is 0 Å². The van der Waals surface area contributed by atoms with Crippen molar-refractivity contribution in [2.45, 2.75) is 58.0 Å². The van der Waals surface area contributed by atoms with Crippen molar-refractivity contribution < 1.29 is 28.9 Å². The average Bonchev–Trinajstić information content (AvgIpc) is 2.28. The van der Waals surface area contributed by atoms with Gasteiger partial charge < -0.3 is 24.6 Å². The molecule has 1 saturated heterocycles. The van der Waals surface area contributed by atoms with Crippen LogP contribution in [0.3, 0.4) is 0 Å². The zero-order valence-corrected chi connectivity index (χ0v) is 12.3. The number of rotatable bonds is 1. The first-order valence-corrected chi connectivity index (χ1v) is 6.63. The van der Waals surface area contributed by atoms with Gasteiger partial charge in [-0.15, -0.1) is 0 Å². The third kappa shape index (κ3) is 6.21. The molecule has 0 bridgehead atoms. The monoisotopic (exact) mass is 289 g/mol. The molecular weight excluding hydrogens is 266 g/mol. The molecule has 7 nitrogen and oxygen atoms in total. The lowest BCUT2D eigenvalue weighted by molar-refractivity contribution is -0.151. The molecule has 116 valence electrons. The number of alkyl carbamates (subject to hydrolysis) is 1. The van der Waals surface area contributed by atoms with Crippen molar-refractivity contribution >= 4 is 12.1 Å². The molecule has 1 amide bonds. The summed E-state index contributed by atoms with van der Waals surface area (Å²) in [6, 6.07) is -0.947. The Morgan fingerprint density at radius 3 is 2.65 bits per heavy atom. The second-order valence-corrected chi connectivity index (χ2v) is 5.87. The summed E-state index contributed by atoms with van der Waals surface area (Å²) in [4.78, 5) is 23.5. The first kappa shape index (κ1) is 16.7. The van der Waals surface area contributed by atoms with Crippen LogP contribution in [0.25, 0.3) is 0 Å². The van der Waals surface area contributed by atoms with Crippen LogP contribution in [0, 0.1) is 0 Å². The van der Waals surface area contributed by atoms with E-state index in [9.17, 15) is 14.7 Å². The van der Waals surface area contributed by atoms with E-state index in [0.29, 0.717) is 6.42 Å². The van der Waals surface area contributed by atoms with Crippen molar-refractivity contribution in [1.29, 1.82) is 0 Å². The molecule has 0 aliphatic carbocycles. The predicted octanol–water partition coefficient (Wildman–Crippen LogP) is 0.593. The maximum Gasteiger partial charge on any atom is 0.408 e. The molecule has 1 fully saturated rings. The zero-order valence-electron chi connectivity index (χ0n) is 12.3. The van der Waals surface area contributed by atoms with Gasteiger partial charge in [0.25, 0.3) is 0 Å². The molecule has 0 saturated carbocycles. The molecule has 0 radical (unpaired) electrons. The quantitative estimate of drug-likeness (QED) is 0.686. The zero-order chi connectivity index (χ0) is 15.3. The smallest absolute Gasteiger partial charge is 0.408 e. The van der Waals surface area contributed by atoms with Gasteiger partial charge >= 0.3 is 12.1 Å². The summed E-state index contributed by atoms with van der Waals surface area (Å²) in [5.74, 6) is -0.600. The van der Waals surface area contributed by atoms with Crippen LogP contribution in [0.4, 0.5) is 4.79 Å². The Labute approximate surface area is 118 Å². The lowest BCUT2D eigenvalue weighted by atomic mass is 10.2. The molecule has 2 unspecified atom stereocenters. The molecule has 1 aliphatic rings. The van der Waals surface area contributed by atoms with Crippen LogP contribution in [0.15, 0.2) is 0 Å². The molecule has 3 atom stereocenters. The van der Waals surface area contributed by atoms with Crippen LogP contribution in [0.5, 0.6) is 0 Å². The Hall–Kier alpha value is -1.34. The summed E-state index contributed by atoms with van der Waals surface area (Å²) in [7, 11) is 0. The summed E-state index contributed by atoms with van der Waals surface area (Å²) >= 11 is 0. The first-order chi connectivity index (χ1) is 9.17. The summed E-state index contributed by atoms with van der Waals surface area (Å²) in [5, 5.41) is 12.0. The number of nitrogens with one attached hydrogen (secondary N) is 1. The minimum atomic E-state index is -0.947. The fourth-order valence-electron chi connectivity index (χ4n) is 1.72. The average molecular weight is 289 g/mol. The summed E-state index contributed by atoms with van der Waals surface area (Å²) < 4.78 is 15.4. The molecular formula is C13H23NO6. The number of aliphatic hydroxyl groups excluding tert-OH is 1. The van der Waals surface area contributed by atoms with E-state index in [-0.39, 0.29) is 13.2 Å². The molecule has 0 spiro atoms. The van der Waals surface area contributed by atoms with E-state index in [1.54, 1.807) is 27.7 Å². The number of hydrogen-bond donors (Lipinski definition) is 2. The van der Waals surface area contributed by atoms with E-state index in [4.69, 9.17) is 14.2 Å². The molecule has 7 heteroatoms. The van der Waals surface area contributed by atoms with Crippen LogP contribution < -0.4 is 5.32 Å². The van der Waals surface area contributed by atoms with Gasteiger partial charge in [0.15, 0.2) is 6.04 Å². The van der Waals surface area contributed by atoms with Crippen LogP contribution in [-0.2, 0) is 19.0 Å². The molecule has 2 N–H and O–H groups in total. The molecule has 0 aromatic rings. The fraction of sp³-hybridized carbons (Fsp3) is 0.846. The Morgan fingerprint density at radius 1 is 1.40 bits per heavy atom. The SMILES string of the molecule is CC1CC(O)COC[C@H](NC(=O)OC(C)(C)C)C(=O)O1. The number of esters is 1. The van der Waals surface area contributed by atoms with Crippen molar-refractivity contribution in [3.63, 3.8) is 0 Å². The number of hydrogen-bond acceptors (Lipinski definition) is 6. The van der Waals surface area contributed by atoms with E-state index in [0.717, 1.165) is 0 Å². The second kappa shape index (κ2) is 6.90. The van der Waals surface area contributed by atoms with Crippen LogP contribution in [0.1, 0.15) is 34.1 Å². The number of carbonyl (C=O) groups excluding carboxylic acids is 2. The highest BCUT2D eigenvalue weighted by atomic mass is 16.6. The third-order valence-electron chi connectivity index (χ3n) is 2.49. The summed E-state index contributed by atoms with van der Waals surface area (Å²) in [6.07, 6.45) is -1.55. The molecule has 20 heavy (non-hydrogen) atoms. The number of carbonyl (C=O) groups is 2. The number of amides is 1. The predicted molar refractivity (Wildman–Crippen MR) is 70.2 cm³/mol. The number of ether oxygens (including phenoxy) is 3. The Kier molecular flexibility index (Phi) is 5.76. The Bertz CT molecular complexity index is 351. The maximum atomic E-state index is 11.9. The highest BCUT2D eigenvalue weighted by Gasteiger charge is 2.29. The topological polar surface area (TPSA) is 94.1 Å². The van der Waals surface area contributed by atoms with E-state index in [1.165, 1.54) is 0 Å². The first-order valence-electron chi connectivity index (χ1n) is 6.63. The molecule has 1 rings (SSSR count). The van der Waals surface area contributed by atoms with Crippen molar-refractivity contribution in [3.8, 4) is 0 Å². The van der Waals surface area contributed by atoms with Crippen molar-refractivity contribution in [2.75, 3.05) is 13.2 Å². The fourth-order valence-corrected chi connectivity index (χ4v) is 1.72. The van der Waals surface area contributed by atoms with Crippen LogP contribution in [-0.4, -0.2) is 54.2 Å². The van der Waals surface area contributed by atoms with Gasteiger partial charge in [-0.3, -0.25) is 0 Å². The molecule has 0 aromatic carbocycles. The molecule has 1 aliphatic heterocycles. The minimum Gasteiger partial charge on any atom is -0.461 e. The summed E-state index contributed by atoms with van der Waals surface area (Å²) in [6.45, 7) is 6.88. The van der Waals surface area contributed by atoms with E-state index in [1.807, 2.05) is 0 Å². The lowest BCUT2D eigenvalue weighted by Gasteiger charge is -2.23. The highest BCUT2D eigenvalue weighted by Crippen LogP contribution is 2.10. The molecule has 1 heterocycles. The van der Waals surface area contributed by atoms with Gasteiger partial charge in [-0.25, -0.2) is 9.59 Å². The minimum absolute atomic E-state index is 0.0676. The number of cyclic esters (lactones) is 1. The maximum absolute atomic E-state index is 11.9. The Morgan fingerprint density at radius 2 is 2.05 bits per heavy atom. The van der Waals surface area contributed by atoms with Crippen molar-refractivity contribution in [2.24, 2.45) is 0 Å². The van der Waals surface area contributed by atoms with Gasteiger partial charge in [-0.05, 0) is 27.7 Å². The van der Waals surface area contributed by atoms with E-state index < -0.39 is 35.9 Å².